The van der Waals surface area contributed by atoms with Crippen LogP contribution in [0, 0.1) is 0 Å². The summed E-state index contributed by atoms with van der Waals surface area (Å²) in [4.78, 5) is 33.1. The van der Waals surface area contributed by atoms with E-state index in [0.29, 0.717) is 28.4 Å². The van der Waals surface area contributed by atoms with Crippen LogP contribution in [0.1, 0.15) is 33.3 Å². The predicted octanol–water partition coefficient (Wildman–Crippen LogP) is 3.78. The molecule has 0 saturated carbocycles. The van der Waals surface area contributed by atoms with Crippen LogP contribution in [0.3, 0.4) is 0 Å². The molecular weight excluding hydrogens is 328 g/mol. The van der Waals surface area contributed by atoms with E-state index in [2.05, 4.69) is 9.97 Å². The first-order valence-corrected chi connectivity index (χ1v) is 8.18. The van der Waals surface area contributed by atoms with Gasteiger partial charge in [-0.1, -0.05) is 12.1 Å². The Morgan fingerprint density at radius 3 is 2.38 bits per heavy atom. The van der Waals surface area contributed by atoms with Gasteiger partial charge in [-0.3, -0.25) is 14.6 Å². The molecule has 0 fully saturated rings. The van der Waals surface area contributed by atoms with Crippen LogP contribution in [-0.2, 0) is 6.42 Å². The summed E-state index contributed by atoms with van der Waals surface area (Å²) in [5.41, 5.74) is 2.86. The summed E-state index contributed by atoms with van der Waals surface area (Å²) < 4.78 is 5.12. The molecule has 2 heterocycles. The van der Waals surface area contributed by atoms with E-state index in [1.54, 1.807) is 55.8 Å². The van der Waals surface area contributed by atoms with Crippen LogP contribution in [0.2, 0.25) is 0 Å². The maximum atomic E-state index is 12.7. The zero-order valence-corrected chi connectivity index (χ0v) is 14.6. The van der Waals surface area contributed by atoms with Gasteiger partial charge in [0.1, 0.15) is 11.4 Å². The number of hydrogen-bond donors (Lipinski definition) is 0. The summed E-state index contributed by atoms with van der Waals surface area (Å²) >= 11 is 0. The van der Waals surface area contributed by atoms with E-state index in [4.69, 9.17) is 4.74 Å². The predicted molar refractivity (Wildman–Crippen MR) is 98.5 cm³/mol. The molecular formula is C21H18N2O3. The summed E-state index contributed by atoms with van der Waals surface area (Å²) in [7, 11) is 1.58. The third kappa shape index (κ3) is 3.83. The summed E-state index contributed by atoms with van der Waals surface area (Å²) in [6.45, 7) is 1.46. The molecule has 1 aromatic carbocycles. The zero-order valence-electron chi connectivity index (χ0n) is 14.6. The molecule has 2 aromatic heterocycles. The number of hydrogen-bond acceptors (Lipinski definition) is 5. The fraction of sp³-hybridized carbons (Fsp3) is 0.143. The molecule has 26 heavy (non-hydrogen) atoms. The lowest BCUT2D eigenvalue weighted by Crippen LogP contribution is -2.08. The van der Waals surface area contributed by atoms with Crippen LogP contribution in [0.15, 0.2) is 60.8 Å². The second-order valence-corrected chi connectivity index (χ2v) is 5.80. The van der Waals surface area contributed by atoms with Gasteiger partial charge < -0.3 is 4.74 Å². The van der Waals surface area contributed by atoms with Crippen LogP contribution in [0.5, 0.6) is 5.75 Å². The second-order valence-electron chi connectivity index (χ2n) is 5.80. The molecule has 0 atom stereocenters. The van der Waals surface area contributed by atoms with Gasteiger partial charge in [-0.2, -0.15) is 0 Å². The Kier molecular flexibility index (Phi) is 5.17. The largest absolute Gasteiger partial charge is 0.497 e. The van der Waals surface area contributed by atoms with Crippen molar-refractivity contribution < 1.29 is 14.3 Å². The molecule has 5 nitrogen and oxygen atoms in total. The molecule has 0 saturated heterocycles. The Morgan fingerprint density at radius 2 is 1.77 bits per heavy atom. The maximum Gasteiger partial charge on any atom is 0.178 e. The van der Waals surface area contributed by atoms with Gasteiger partial charge >= 0.3 is 0 Å². The minimum atomic E-state index is -0.129. The van der Waals surface area contributed by atoms with E-state index in [1.807, 2.05) is 12.1 Å². The van der Waals surface area contributed by atoms with Crippen molar-refractivity contribution in [3.05, 3.63) is 77.6 Å². The summed E-state index contributed by atoms with van der Waals surface area (Å²) in [5, 5.41) is 0. The monoisotopic (exact) mass is 346 g/mol. The number of ether oxygens (including phenoxy) is 1. The molecule has 0 spiro atoms. The van der Waals surface area contributed by atoms with Crippen molar-refractivity contribution in [2.24, 2.45) is 0 Å². The Balaban J connectivity index is 1.95. The van der Waals surface area contributed by atoms with Gasteiger partial charge in [-0.25, -0.2) is 4.98 Å². The lowest BCUT2D eigenvalue weighted by molar-refractivity contribution is 0.0991. The average Bonchev–Trinajstić information content (AvgIpc) is 2.68. The molecule has 5 heteroatoms. The Bertz CT molecular complexity index is 935. The number of nitrogens with zero attached hydrogens (tertiary/aromatic N) is 2. The van der Waals surface area contributed by atoms with Gasteiger partial charge in [0.15, 0.2) is 11.6 Å². The molecule has 130 valence electrons. The summed E-state index contributed by atoms with van der Waals surface area (Å²) in [6, 6.07) is 15.9. The van der Waals surface area contributed by atoms with Gasteiger partial charge in [0.25, 0.3) is 0 Å². The molecule has 0 aliphatic rings. The van der Waals surface area contributed by atoms with Crippen molar-refractivity contribution in [3.8, 4) is 17.1 Å². The van der Waals surface area contributed by atoms with E-state index in [9.17, 15) is 9.59 Å². The molecule has 0 N–H and O–H groups in total. The van der Waals surface area contributed by atoms with Crippen molar-refractivity contribution in [1.29, 1.82) is 0 Å². The van der Waals surface area contributed by atoms with E-state index in [1.165, 1.54) is 6.92 Å². The highest BCUT2D eigenvalue weighted by Gasteiger charge is 2.15. The minimum absolute atomic E-state index is 0.0396. The number of benzene rings is 1. The van der Waals surface area contributed by atoms with Crippen LogP contribution < -0.4 is 4.74 Å². The SMILES string of the molecule is COc1ccc(C(=O)Cc2ccc(C(C)=O)nc2-c2ccccn2)cc1. The van der Waals surface area contributed by atoms with Gasteiger partial charge in [-0.15, -0.1) is 0 Å². The number of pyridine rings is 2. The lowest BCUT2D eigenvalue weighted by Gasteiger charge is -2.10. The fourth-order valence-corrected chi connectivity index (χ4v) is 2.60. The van der Waals surface area contributed by atoms with Crippen molar-refractivity contribution in [2.75, 3.05) is 7.11 Å². The quantitative estimate of drug-likeness (QED) is 0.635. The maximum absolute atomic E-state index is 12.7. The van der Waals surface area contributed by atoms with Crippen LogP contribution in [-0.4, -0.2) is 28.6 Å². The first kappa shape index (κ1) is 17.5. The molecule has 0 bridgehead atoms. The summed E-state index contributed by atoms with van der Waals surface area (Å²) in [5.74, 6) is 0.528. The van der Waals surface area contributed by atoms with Crippen molar-refractivity contribution in [1.82, 2.24) is 9.97 Å². The molecule has 0 aliphatic carbocycles. The Labute approximate surface area is 151 Å². The smallest absolute Gasteiger partial charge is 0.178 e. The van der Waals surface area contributed by atoms with Crippen molar-refractivity contribution in [2.45, 2.75) is 13.3 Å². The third-order valence-electron chi connectivity index (χ3n) is 4.01. The normalized spacial score (nSPS) is 10.4. The molecule has 0 unspecified atom stereocenters. The van der Waals surface area contributed by atoms with E-state index in [0.717, 1.165) is 5.56 Å². The number of carbonyl (C=O) groups excluding carboxylic acids is 2. The summed E-state index contributed by atoms with van der Waals surface area (Å²) in [6.07, 6.45) is 1.83. The second kappa shape index (κ2) is 7.70. The van der Waals surface area contributed by atoms with Gasteiger partial charge in [-0.05, 0) is 48.0 Å². The topological polar surface area (TPSA) is 69.2 Å². The number of rotatable bonds is 6. The molecule has 0 amide bonds. The average molecular weight is 346 g/mol. The molecule has 3 aromatic rings. The van der Waals surface area contributed by atoms with Gasteiger partial charge in [0.2, 0.25) is 0 Å². The number of aromatic nitrogens is 2. The molecule has 0 aliphatic heterocycles. The first-order chi connectivity index (χ1) is 12.6. The fourth-order valence-electron chi connectivity index (χ4n) is 2.60. The van der Waals surface area contributed by atoms with Crippen molar-refractivity contribution >= 4 is 11.6 Å². The highest BCUT2D eigenvalue weighted by Crippen LogP contribution is 2.22. The van der Waals surface area contributed by atoms with Crippen molar-refractivity contribution in [3.63, 3.8) is 0 Å². The number of carbonyl (C=O) groups is 2. The molecule has 0 radical (unpaired) electrons. The standard InChI is InChI=1S/C21H18N2O3/c1-14(24)18-11-8-16(21(23-18)19-5-3-4-12-22-19)13-20(25)15-6-9-17(26-2)10-7-15/h3-12H,13H2,1-2H3. The third-order valence-corrected chi connectivity index (χ3v) is 4.01. The van der Waals surface area contributed by atoms with Gasteiger partial charge in [0.05, 0.1) is 18.5 Å². The number of ketones is 2. The van der Waals surface area contributed by atoms with E-state index < -0.39 is 0 Å². The first-order valence-electron chi connectivity index (χ1n) is 8.18. The lowest BCUT2D eigenvalue weighted by atomic mass is 9.99. The number of Topliss-reactive ketones (excluding diaryl/α,β-unsaturated/α-hetero) is 2. The highest BCUT2D eigenvalue weighted by molar-refractivity contribution is 5.98. The van der Waals surface area contributed by atoms with E-state index >= 15 is 0 Å². The van der Waals surface area contributed by atoms with Gasteiger partial charge in [0, 0.05) is 25.1 Å². The van der Waals surface area contributed by atoms with Crippen LogP contribution >= 0.6 is 0 Å². The van der Waals surface area contributed by atoms with E-state index in [-0.39, 0.29) is 18.0 Å². The number of methoxy groups -OCH3 is 1. The van der Waals surface area contributed by atoms with Crippen LogP contribution in [0.4, 0.5) is 0 Å². The Hall–Kier alpha value is -3.34. The highest BCUT2D eigenvalue weighted by atomic mass is 16.5. The van der Waals surface area contributed by atoms with Crippen LogP contribution in [0.25, 0.3) is 11.4 Å². The molecule has 3 rings (SSSR count). The Morgan fingerprint density at radius 1 is 1.00 bits per heavy atom. The minimum Gasteiger partial charge on any atom is -0.497 e. The zero-order chi connectivity index (χ0) is 18.5.